The van der Waals surface area contributed by atoms with E-state index in [1.54, 1.807) is 0 Å². The van der Waals surface area contributed by atoms with Crippen molar-refractivity contribution in [3.8, 4) is 0 Å². The zero-order valence-corrected chi connectivity index (χ0v) is 18.5. The summed E-state index contributed by atoms with van der Waals surface area (Å²) >= 11 is 3.59. The summed E-state index contributed by atoms with van der Waals surface area (Å²) in [5.74, 6) is 0.502. The minimum absolute atomic E-state index is 0.114. The van der Waals surface area contributed by atoms with Crippen LogP contribution in [-0.4, -0.2) is 30.9 Å². The first-order valence-electron chi connectivity index (χ1n) is 9.07. The number of aromatic nitrogens is 2. The molecule has 0 bridgehead atoms. The highest BCUT2D eigenvalue weighted by Crippen LogP contribution is 2.43. The molecular weight excluding hydrogens is 396 g/mol. The number of nitrogens with zero attached hydrogens (tertiary/aromatic N) is 2. The lowest BCUT2D eigenvalue weighted by Gasteiger charge is -2.42. The lowest BCUT2D eigenvalue weighted by Crippen LogP contribution is -2.43. The number of pyridine rings is 1. The highest BCUT2D eigenvalue weighted by molar-refractivity contribution is 9.10. The summed E-state index contributed by atoms with van der Waals surface area (Å²) in [6.07, 6.45) is 6.26. The summed E-state index contributed by atoms with van der Waals surface area (Å²) in [5, 5.41) is 0.191. The van der Waals surface area contributed by atoms with E-state index in [2.05, 4.69) is 77.5 Å². The Bertz CT molecular complexity index is 733. The Balaban J connectivity index is 1.98. The van der Waals surface area contributed by atoms with Gasteiger partial charge in [-0.3, -0.25) is 4.40 Å². The average molecular weight is 425 g/mol. The van der Waals surface area contributed by atoms with Crippen molar-refractivity contribution in [3.63, 3.8) is 0 Å². The third-order valence-electron chi connectivity index (χ3n) is 5.73. The maximum atomic E-state index is 6.93. The molecule has 1 unspecified atom stereocenters. The molecule has 1 fully saturated rings. The van der Waals surface area contributed by atoms with Crippen LogP contribution in [0.2, 0.25) is 18.1 Å². The Hall–Kier alpha value is -0.693. The summed E-state index contributed by atoms with van der Waals surface area (Å²) < 4.78 is 15.6. The van der Waals surface area contributed by atoms with Gasteiger partial charge in [-0.05, 0) is 64.5 Å². The highest BCUT2D eigenvalue weighted by Gasteiger charge is 2.41. The molecule has 138 valence electrons. The zero-order valence-electron chi connectivity index (χ0n) is 15.9. The molecule has 0 amide bonds. The molecule has 2 aromatic heterocycles. The maximum Gasteiger partial charge on any atom is 0.192 e. The minimum atomic E-state index is -1.88. The van der Waals surface area contributed by atoms with Crippen LogP contribution in [0.5, 0.6) is 0 Å². The molecule has 4 nitrogen and oxygen atoms in total. The van der Waals surface area contributed by atoms with E-state index in [1.807, 2.05) is 6.20 Å². The predicted octanol–water partition coefficient (Wildman–Crippen LogP) is 5.59. The third kappa shape index (κ3) is 4.02. The van der Waals surface area contributed by atoms with Crippen molar-refractivity contribution < 1.29 is 9.16 Å². The topological polar surface area (TPSA) is 35.8 Å². The van der Waals surface area contributed by atoms with Crippen LogP contribution in [-0.2, 0) is 9.16 Å². The Morgan fingerprint density at radius 1 is 1.28 bits per heavy atom. The monoisotopic (exact) mass is 424 g/mol. The number of fused-ring (bicyclic) bond motifs is 1. The second-order valence-corrected chi connectivity index (χ2v) is 14.1. The van der Waals surface area contributed by atoms with Crippen LogP contribution in [0, 0.1) is 5.92 Å². The predicted molar refractivity (Wildman–Crippen MR) is 107 cm³/mol. The van der Waals surface area contributed by atoms with Crippen LogP contribution in [0.1, 0.15) is 45.3 Å². The molecular formula is C19H29BrN2O2Si. The first kappa shape index (κ1) is 19.1. The largest absolute Gasteiger partial charge is 0.410 e. The average Bonchev–Trinajstić information content (AvgIpc) is 2.93. The van der Waals surface area contributed by atoms with Gasteiger partial charge in [0.25, 0.3) is 0 Å². The molecule has 0 N–H and O–H groups in total. The molecule has 3 heterocycles. The van der Waals surface area contributed by atoms with E-state index in [4.69, 9.17) is 9.16 Å². The van der Waals surface area contributed by atoms with Crippen molar-refractivity contribution in [2.45, 2.75) is 57.8 Å². The van der Waals surface area contributed by atoms with Gasteiger partial charge in [0.05, 0.1) is 12.3 Å². The fraction of sp³-hybridized carbons (Fsp3) is 0.632. The summed E-state index contributed by atoms with van der Waals surface area (Å²) in [6, 6.07) is 4.27. The van der Waals surface area contributed by atoms with E-state index in [0.29, 0.717) is 5.92 Å². The molecule has 3 rings (SSSR count). The van der Waals surface area contributed by atoms with E-state index in [9.17, 15) is 0 Å². The van der Waals surface area contributed by atoms with Crippen LogP contribution < -0.4 is 0 Å². The first-order chi connectivity index (χ1) is 11.7. The van der Waals surface area contributed by atoms with Gasteiger partial charge in [0.15, 0.2) is 8.32 Å². The normalized spacial score (nSPS) is 18.6. The van der Waals surface area contributed by atoms with Crippen molar-refractivity contribution in [3.05, 3.63) is 34.7 Å². The highest BCUT2D eigenvalue weighted by atomic mass is 79.9. The second kappa shape index (κ2) is 7.14. The first-order valence-corrected chi connectivity index (χ1v) is 12.8. The van der Waals surface area contributed by atoms with Gasteiger partial charge in [-0.25, -0.2) is 4.98 Å². The Labute approximate surface area is 160 Å². The fourth-order valence-corrected chi connectivity index (χ4v) is 4.79. The minimum Gasteiger partial charge on any atom is -0.410 e. The van der Waals surface area contributed by atoms with Gasteiger partial charge in [0.2, 0.25) is 0 Å². The van der Waals surface area contributed by atoms with Gasteiger partial charge in [0, 0.05) is 19.4 Å². The van der Waals surface area contributed by atoms with Crippen LogP contribution in [0.3, 0.4) is 0 Å². The van der Waals surface area contributed by atoms with Crippen LogP contribution in [0.4, 0.5) is 0 Å². The number of hydrogen-bond acceptors (Lipinski definition) is 3. The summed E-state index contributed by atoms with van der Waals surface area (Å²) in [4.78, 5) is 4.41. The van der Waals surface area contributed by atoms with E-state index < -0.39 is 8.32 Å². The number of hydrogen-bond donors (Lipinski definition) is 0. The van der Waals surface area contributed by atoms with Crippen LogP contribution in [0.25, 0.3) is 5.65 Å². The van der Waals surface area contributed by atoms with E-state index >= 15 is 0 Å². The molecule has 1 aliphatic heterocycles. The lowest BCUT2D eigenvalue weighted by molar-refractivity contribution is 0.0120. The van der Waals surface area contributed by atoms with E-state index in [1.165, 1.54) is 5.56 Å². The molecule has 1 saturated heterocycles. The van der Waals surface area contributed by atoms with E-state index in [-0.39, 0.29) is 11.1 Å². The third-order valence-corrected chi connectivity index (χ3v) is 10.8. The van der Waals surface area contributed by atoms with Crippen LogP contribution >= 0.6 is 15.9 Å². The summed E-state index contributed by atoms with van der Waals surface area (Å²) in [6.45, 7) is 13.2. The second-order valence-electron chi connectivity index (χ2n) is 8.52. The Morgan fingerprint density at radius 2 is 1.96 bits per heavy atom. The SMILES string of the molecule is CC(C)(C)[Si](C)(C)OC(c1ccc2ncc(Br)n2c1)C1CCOCC1. The van der Waals surface area contributed by atoms with Gasteiger partial charge >= 0.3 is 0 Å². The van der Waals surface area contributed by atoms with Gasteiger partial charge in [-0.2, -0.15) is 0 Å². The zero-order chi connectivity index (χ0) is 18.2. The number of halogens is 1. The van der Waals surface area contributed by atoms with Crippen molar-refractivity contribution in [2.75, 3.05) is 13.2 Å². The van der Waals surface area contributed by atoms with Gasteiger partial charge in [0.1, 0.15) is 10.3 Å². The molecule has 25 heavy (non-hydrogen) atoms. The molecule has 1 aliphatic rings. The van der Waals surface area contributed by atoms with Gasteiger partial charge < -0.3 is 9.16 Å². The van der Waals surface area contributed by atoms with Gasteiger partial charge in [-0.1, -0.05) is 26.8 Å². The Kier molecular flexibility index (Phi) is 5.45. The molecule has 0 aromatic carbocycles. The number of imidazole rings is 1. The summed E-state index contributed by atoms with van der Waals surface area (Å²) in [7, 11) is -1.88. The summed E-state index contributed by atoms with van der Waals surface area (Å²) in [5.41, 5.74) is 2.19. The smallest absolute Gasteiger partial charge is 0.192 e. The molecule has 0 saturated carbocycles. The molecule has 6 heteroatoms. The molecule has 1 atom stereocenters. The number of ether oxygens (including phenoxy) is 1. The quantitative estimate of drug-likeness (QED) is 0.600. The van der Waals surface area contributed by atoms with Crippen molar-refractivity contribution in [2.24, 2.45) is 5.92 Å². The maximum absolute atomic E-state index is 6.93. The lowest BCUT2D eigenvalue weighted by atomic mass is 9.90. The molecule has 0 spiro atoms. The molecule has 2 aromatic rings. The van der Waals surface area contributed by atoms with Crippen LogP contribution in [0.15, 0.2) is 29.1 Å². The van der Waals surface area contributed by atoms with Gasteiger partial charge in [-0.15, -0.1) is 0 Å². The fourth-order valence-electron chi connectivity index (χ4n) is 3.08. The molecule has 0 aliphatic carbocycles. The van der Waals surface area contributed by atoms with E-state index in [0.717, 1.165) is 36.3 Å². The van der Waals surface area contributed by atoms with Crippen molar-refractivity contribution in [1.29, 1.82) is 0 Å². The number of rotatable bonds is 4. The Morgan fingerprint density at radius 3 is 2.60 bits per heavy atom. The van der Waals surface area contributed by atoms with Crippen molar-refractivity contribution in [1.82, 2.24) is 9.38 Å². The standard InChI is InChI=1S/C19H29BrN2O2Si/c1-19(2,3)25(4,5)24-18(14-8-10-23-11-9-14)15-6-7-17-21-12-16(20)22(17)13-15/h6-7,12-14,18H,8-11H2,1-5H3. The molecule has 0 radical (unpaired) electrons. The van der Waals surface area contributed by atoms with Crippen molar-refractivity contribution >= 4 is 29.9 Å².